The maximum Gasteiger partial charge on any atom is 0.332 e. The van der Waals surface area contributed by atoms with Crippen LogP contribution >= 0.6 is 0 Å². The van der Waals surface area contributed by atoms with E-state index < -0.39 is 12.1 Å². The molecule has 0 saturated heterocycles. The number of hydrogen-bond acceptors (Lipinski definition) is 3. The minimum absolute atomic E-state index is 0.350. The van der Waals surface area contributed by atoms with Crippen molar-refractivity contribution in [2.45, 2.75) is 38.7 Å². The fraction of sp³-hybridized carbons (Fsp3) is 0.889. The van der Waals surface area contributed by atoms with Gasteiger partial charge in [0.15, 0.2) is 6.10 Å². The molecule has 0 rings (SSSR count). The lowest BCUT2D eigenvalue weighted by molar-refractivity contribution is -0.146. The predicted molar refractivity (Wildman–Crippen MR) is 50.7 cm³/mol. The monoisotopic (exact) mass is 189 g/mol. The number of nitrogens with one attached hydrogen (secondary N) is 1. The van der Waals surface area contributed by atoms with E-state index in [-0.39, 0.29) is 0 Å². The highest BCUT2D eigenvalue weighted by molar-refractivity contribution is 5.71. The van der Waals surface area contributed by atoms with Gasteiger partial charge in [0.2, 0.25) is 0 Å². The number of aliphatic hydroxyl groups excluding tert-OH is 1. The average molecular weight is 189 g/mol. The number of hydrogen-bond donors (Lipinski definition) is 3. The molecule has 1 atom stereocenters. The molecule has 78 valence electrons. The van der Waals surface area contributed by atoms with Gasteiger partial charge in [0.05, 0.1) is 0 Å². The van der Waals surface area contributed by atoms with Crippen LogP contribution in [0.15, 0.2) is 0 Å². The van der Waals surface area contributed by atoms with E-state index in [0.717, 1.165) is 32.4 Å². The third-order valence-corrected chi connectivity index (χ3v) is 1.79. The Bertz CT molecular complexity index is 139. The van der Waals surface area contributed by atoms with Crippen LogP contribution in [-0.4, -0.2) is 35.4 Å². The molecule has 0 aromatic rings. The van der Waals surface area contributed by atoms with Gasteiger partial charge in [0.1, 0.15) is 0 Å². The molecule has 0 heterocycles. The van der Waals surface area contributed by atoms with Gasteiger partial charge in [0.25, 0.3) is 0 Å². The molecule has 0 aliphatic heterocycles. The molecule has 0 aliphatic carbocycles. The summed E-state index contributed by atoms with van der Waals surface area (Å²) in [5.41, 5.74) is 0. The standard InChI is InChI=1S/C9H19NO3/c1-2-6-10-7-4-3-5-8(11)9(12)13/h8,10-11H,2-7H2,1H3,(H,12,13). The topological polar surface area (TPSA) is 69.6 Å². The molecule has 0 aromatic heterocycles. The fourth-order valence-electron chi connectivity index (χ4n) is 1.01. The van der Waals surface area contributed by atoms with Gasteiger partial charge in [-0.1, -0.05) is 6.92 Å². The van der Waals surface area contributed by atoms with E-state index >= 15 is 0 Å². The van der Waals surface area contributed by atoms with E-state index in [1.165, 1.54) is 0 Å². The first-order valence-corrected chi connectivity index (χ1v) is 4.80. The summed E-state index contributed by atoms with van der Waals surface area (Å²) in [5.74, 6) is -1.12. The molecule has 3 N–H and O–H groups in total. The largest absolute Gasteiger partial charge is 0.479 e. The molecule has 0 saturated carbocycles. The summed E-state index contributed by atoms with van der Waals surface area (Å²) in [6.07, 6.45) is 1.95. The summed E-state index contributed by atoms with van der Waals surface area (Å²) >= 11 is 0. The maximum atomic E-state index is 10.2. The Morgan fingerprint density at radius 1 is 1.38 bits per heavy atom. The van der Waals surface area contributed by atoms with E-state index in [0.29, 0.717) is 6.42 Å². The zero-order valence-electron chi connectivity index (χ0n) is 8.12. The number of unbranched alkanes of at least 4 members (excludes halogenated alkanes) is 1. The van der Waals surface area contributed by atoms with E-state index in [1.807, 2.05) is 0 Å². The van der Waals surface area contributed by atoms with Gasteiger partial charge >= 0.3 is 5.97 Å². The Morgan fingerprint density at radius 3 is 2.62 bits per heavy atom. The Balaban J connectivity index is 3.11. The molecular weight excluding hydrogens is 170 g/mol. The maximum absolute atomic E-state index is 10.2. The highest BCUT2D eigenvalue weighted by atomic mass is 16.4. The van der Waals surface area contributed by atoms with E-state index in [2.05, 4.69) is 12.2 Å². The minimum atomic E-state index is -1.19. The van der Waals surface area contributed by atoms with Crippen LogP contribution in [-0.2, 0) is 4.79 Å². The Labute approximate surface area is 79.0 Å². The number of carboxylic acid groups (broad SMARTS) is 1. The summed E-state index contributed by atoms with van der Waals surface area (Å²) in [6.45, 7) is 4.00. The summed E-state index contributed by atoms with van der Waals surface area (Å²) in [5, 5.41) is 20.5. The minimum Gasteiger partial charge on any atom is -0.479 e. The number of carboxylic acids is 1. The van der Waals surface area contributed by atoms with Crippen molar-refractivity contribution in [3.05, 3.63) is 0 Å². The lowest BCUT2D eigenvalue weighted by Gasteiger charge is -2.05. The smallest absolute Gasteiger partial charge is 0.332 e. The third-order valence-electron chi connectivity index (χ3n) is 1.79. The van der Waals surface area contributed by atoms with E-state index in [9.17, 15) is 4.79 Å². The fourth-order valence-corrected chi connectivity index (χ4v) is 1.01. The Kier molecular flexibility index (Phi) is 7.63. The molecule has 13 heavy (non-hydrogen) atoms. The Morgan fingerprint density at radius 2 is 2.08 bits per heavy atom. The van der Waals surface area contributed by atoms with E-state index in [1.54, 1.807) is 0 Å². The van der Waals surface area contributed by atoms with Gasteiger partial charge in [-0.25, -0.2) is 4.79 Å². The van der Waals surface area contributed by atoms with Crippen molar-refractivity contribution in [3.63, 3.8) is 0 Å². The van der Waals surface area contributed by atoms with Crippen molar-refractivity contribution in [2.24, 2.45) is 0 Å². The van der Waals surface area contributed by atoms with Crippen molar-refractivity contribution in [3.8, 4) is 0 Å². The first-order chi connectivity index (χ1) is 6.18. The zero-order valence-corrected chi connectivity index (χ0v) is 8.12. The number of carbonyl (C=O) groups is 1. The molecule has 0 bridgehead atoms. The van der Waals surface area contributed by atoms with Gasteiger partial charge < -0.3 is 15.5 Å². The first kappa shape index (κ1) is 12.4. The van der Waals surface area contributed by atoms with Crippen LogP contribution in [0.4, 0.5) is 0 Å². The predicted octanol–water partition coefficient (Wildman–Crippen LogP) is 0.602. The third kappa shape index (κ3) is 7.74. The first-order valence-electron chi connectivity index (χ1n) is 4.80. The van der Waals surface area contributed by atoms with Crippen molar-refractivity contribution >= 4 is 5.97 Å². The van der Waals surface area contributed by atoms with Crippen molar-refractivity contribution in [1.29, 1.82) is 0 Å². The normalized spacial score (nSPS) is 12.8. The van der Waals surface area contributed by atoms with Gasteiger partial charge in [-0.05, 0) is 38.8 Å². The summed E-state index contributed by atoms with van der Waals surface area (Å²) in [6, 6.07) is 0. The second kappa shape index (κ2) is 8.01. The second-order valence-electron chi connectivity index (χ2n) is 3.10. The van der Waals surface area contributed by atoms with Crippen LogP contribution in [0.1, 0.15) is 32.6 Å². The molecular formula is C9H19NO3. The summed E-state index contributed by atoms with van der Waals surface area (Å²) in [7, 11) is 0. The number of rotatable bonds is 8. The molecule has 0 radical (unpaired) electrons. The zero-order chi connectivity index (χ0) is 10.1. The molecule has 0 aliphatic rings. The summed E-state index contributed by atoms with van der Waals surface area (Å²) in [4.78, 5) is 10.2. The molecule has 4 nitrogen and oxygen atoms in total. The van der Waals surface area contributed by atoms with Crippen LogP contribution in [0.5, 0.6) is 0 Å². The van der Waals surface area contributed by atoms with Crippen molar-refractivity contribution in [2.75, 3.05) is 13.1 Å². The molecule has 0 spiro atoms. The van der Waals surface area contributed by atoms with Gasteiger partial charge in [-0.3, -0.25) is 0 Å². The highest BCUT2D eigenvalue weighted by Crippen LogP contribution is 1.99. The molecule has 4 heteroatoms. The SMILES string of the molecule is CCCNCCCCC(O)C(=O)O. The van der Waals surface area contributed by atoms with Gasteiger partial charge in [0, 0.05) is 0 Å². The molecule has 0 fully saturated rings. The lowest BCUT2D eigenvalue weighted by Crippen LogP contribution is -2.20. The van der Waals surface area contributed by atoms with E-state index in [4.69, 9.17) is 10.2 Å². The van der Waals surface area contributed by atoms with Crippen molar-refractivity contribution in [1.82, 2.24) is 5.32 Å². The van der Waals surface area contributed by atoms with Crippen LogP contribution in [0, 0.1) is 0 Å². The average Bonchev–Trinajstić information content (AvgIpc) is 2.10. The molecule has 0 aromatic carbocycles. The molecule has 0 amide bonds. The lowest BCUT2D eigenvalue weighted by atomic mass is 10.1. The van der Waals surface area contributed by atoms with Gasteiger partial charge in [-0.15, -0.1) is 0 Å². The van der Waals surface area contributed by atoms with Crippen LogP contribution in [0.25, 0.3) is 0 Å². The van der Waals surface area contributed by atoms with Crippen LogP contribution in [0.3, 0.4) is 0 Å². The second-order valence-corrected chi connectivity index (χ2v) is 3.10. The number of aliphatic carboxylic acids is 1. The molecule has 1 unspecified atom stereocenters. The van der Waals surface area contributed by atoms with Crippen LogP contribution < -0.4 is 5.32 Å². The Hall–Kier alpha value is -0.610. The highest BCUT2D eigenvalue weighted by Gasteiger charge is 2.11. The number of aliphatic hydroxyl groups is 1. The summed E-state index contributed by atoms with van der Waals surface area (Å²) < 4.78 is 0. The van der Waals surface area contributed by atoms with Gasteiger partial charge in [-0.2, -0.15) is 0 Å². The van der Waals surface area contributed by atoms with Crippen LogP contribution in [0.2, 0.25) is 0 Å². The van der Waals surface area contributed by atoms with Crippen molar-refractivity contribution < 1.29 is 15.0 Å². The quantitative estimate of drug-likeness (QED) is 0.489.